The lowest BCUT2D eigenvalue weighted by Crippen LogP contribution is -2.47. The summed E-state index contributed by atoms with van der Waals surface area (Å²) >= 11 is 0. The predicted molar refractivity (Wildman–Crippen MR) is 121 cm³/mol. The molecule has 3 aromatic heterocycles. The van der Waals surface area contributed by atoms with E-state index in [2.05, 4.69) is 40.6 Å². The molecule has 1 saturated heterocycles. The maximum atomic E-state index is 13.9. The van der Waals surface area contributed by atoms with E-state index in [1.54, 1.807) is 0 Å². The lowest BCUT2D eigenvalue weighted by atomic mass is 9.81. The van der Waals surface area contributed by atoms with Gasteiger partial charge in [-0.05, 0) is 37.3 Å². The van der Waals surface area contributed by atoms with Crippen LogP contribution in [0, 0.1) is 24.7 Å². The molecule has 1 aliphatic heterocycles. The maximum absolute atomic E-state index is 13.9. The van der Waals surface area contributed by atoms with Gasteiger partial charge in [-0.3, -0.25) is 9.59 Å². The van der Waals surface area contributed by atoms with Crippen LogP contribution in [0.15, 0.2) is 17.0 Å². The second kappa shape index (κ2) is 10.1. The van der Waals surface area contributed by atoms with E-state index in [-0.39, 0.29) is 67.3 Å². The van der Waals surface area contributed by atoms with E-state index >= 15 is 0 Å². The zero-order valence-corrected chi connectivity index (χ0v) is 20.7. The number of alkyl halides is 5. The normalized spacial score (nSPS) is 23.0. The maximum Gasteiger partial charge on any atom is 0.393 e. The summed E-state index contributed by atoms with van der Waals surface area (Å²) < 4.78 is 73.2. The van der Waals surface area contributed by atoms with Crippen molar-refractivity contribution < 1.29 is 36.2 Å². The molecule has 2 N–H and O–H groups in total. The lowest BCUT2D eigenvalue weighted by Gasteiger charge is -2.33. The number of nitrogens with zero attached hydrogens (tertiary/aromatic N) is 6. The molecule has 3 atom stereocenters. The second-order valence-electron chi connectivity index (χ2n) is 10.1. The van der Waals surface area contributed by atoms with Crippen molar-refractivity contribution in [3.63, 3.8) is 0 Å². The number of imidazole rings is 1. The number of amides is 2. The zero-order chi connectivity index (χ0) is 27.9. The molecule has 16 heteroatoms. The summed E-state index contributed by atoms with van der Waals surface area (Å²) in [6.07, 6.45) is -2.46. The van der Waals surface area contributed by atoms with Gasteiger partial charge in [0.2, 0.25) is 11.8 Å². The average molecular weight is 556 g/mol. The number of piperidine rings is 1. The Morgan fingerprint density at radius 3 is 2.69 bits per heavy atom. The van der Waals surface area contributed by atoms with Gasteiger partial charge in [0.25, 0.3) is 11.7 Å². The highest BCUT2D eigenvalue weighted by Gasteiger charge is 2.45. The van der Waals surface area contributed by atoms with Crippen molar-refractivity contribution in [1.82, 2.24) is 40.5 Å². The molecule has 0 radical (unpaired) electrons. The van der Waals surface area contributed by atoms with Gasteiger partial charge in [-0.25, -0.2) is 27.9 Å². The summed E-state index contributed by atoms with van der Waals surface area (Å²) in [6, 6.07) is -0.784. The fourth-order valence-corrected chi connectivity index (χ4v) is 5.14. The predicted octanol–water partition coefficient (Wildman–Crippen LogP) is 2.97. The standard InChI is InChI=1S/C23H25F5N8O3/c1-11-17(35-39-34-11)20(38)32-18(12-2-4-22(24,25)5-3-12)16-10-36-21(31-16)30-9-15(33-36)7-13-6-14(23(26,27)28)8-29-19(13)37/h9-10,12-14,18H,2-8H2,1H3,(H,29,37)(H,32,38). The number of carbonyl (C=O) groups is 2. The molecule has 0 aromatic carbocycles. The molecule has 3 unspecified atom stereocenters. The molecule has 5 rings (SSSR count). The Kier molecular flexibility index (Phi) is 6.97. The first-order valence-electron chi connectivity index (χ1n) is 12.4. The highest BCUT2D eigenvalue weighted by molar-refractivity contribution is 5.93. The van der Waals surface area contributed by atoms with E-state index in [1.165, 1.54) is 23.8 Å². The van der Waals surface area contributed by atoms with Gasteiger partial charge in [-0.2, -0.15) is 18.3 Å². The first-order chi connectivity index (χ1) is 18.4. The Morgan fingerprint density at radius 1 is 1.28 bits per heavy atom. The van der Waals surface area contributed by atoms with Crippen LogP contribution in [0.4, 0.5) is 22.0 Å². The molecule has 2 fully saturated rings. The van der Waals surface area contributed by atoms with Gasteiger partial charge >= 0.3 is 6.18 Å². The third kappa shape index (κ3) is 5.83. The summed E-state index contributed by atoms with van der Waals surface area (Å²) in [5, 5.41) is 16.7. The van der Waals surface area contributed by atoms with Crippen molar-refractivity contribution in [2.45, 2.75) is 63.6 Å². The molecule has 0 spiro atoms. The molecule has 2 amide bonds. The van der Waals surface area contributed by atoms with Gasteiger partial charge in [0, 0.05) is 31.7 Å². The molecule has 4 heterocycles. The monoisotopic (exact) mass is 556 g/mol. The summed E-state index contributed by atoms with van der Waals surface area (Å²) in [4.78, 5) is 33.8. The Labute approximate surface area is 217 Å². The Balaban J connectivity index is 1.39. The molecule has 3 aromatic rings. The molecule has 2 aliphatic rings. The Morgan fingerprint density at radius 2 is 2.03 bits per heavy atom. The van der Waals surface area contributed by atoms with Crippen LogP contribution in [0.25, 0.3) is 5.78 Å². The molecule has 1 saturated carbocycles. The fourth-order valence-electron chi connectivity index (χ4n) is 5.14. The topological polar surface area (TPSA) is 140 Å². The first-order valence-corrected chi connectivity index (χ1v) is 12.4. The lowest BCUT2D eigenvalue weighted by molar-refractivity contribution is -0.183. The Hall–Kier alpha value is -3.72. The van der Waals surface area contributed by atoms with E-state index in [1.807, 2.05) is 0 Å². The van der Waals surface area contributed by atoms with Crippen molar-refractivity contribution in [1.29, 1.82) is 0 Å². The second-order valence-corrected chi connectivity index (χ2v) is 10.1. The Bertz CT molecular complexity index is 1360. The van der Waals surface area contributed by atoms with Crippen LogP contribution in [-0.2, 0) is 11.2 Å². The van der Waals surface area contributed by atoms with Crippen molar-refractivity contribution in [2.75, 3.05) is 6.54 Å². The molecule has 1 aliphatic carbocycles. The van der Waals surface area contributed by atoms with Crippen molar-refractivity contribution in [3.05, 3.63) is 35.2 Å². The van der Waals surface area contributed by atoms with Crippen LogP contribution in [0.3, 0.4) is 0 Å². The van der Waals surface area contributed by atoms with E-state index < -0.39 is 48.3 Å². The highest BCUT2D eigenvalue weighted by Crippen LogP contribution is 2.41. The van der Waals surface area contributed by atoms with Crippen LogP contribution < -0.4 is 10.6 Å². The summed E-state index contributed by atoms with van der Waals surface area (Å²) in [7, 11) is 0. The van der Waals surface area contributed by atoms with Crippen LogP contribution in [-0.4, -0.2) is 60.4 Å². The van der Waals surface area contributed by atoms with Crippen molar-refractivity contribution in [2.24, 2.45) is 17.8 Å². The molecule has 210 valence electrons. The van der Waals surface area contributed by atoms with Crippen molar-refractivity contribution >= 4 is 17.6 Å². The molecule has 0 bridgehead atoms. The molecular formula is C23H25F5N8O3. The molecule has 39 heavy (non-hydrogen) atoms. The molecular weight excluding hydrogens is 531 g/mol. The smallest absolute Gasteiger partial charge is 0.355 e. The fraction of sp³-hybridized carbons (Fsp3) is 0.609. The third-order valence-corrected chi connectivity index (χ3v) is 7.34. The number of hydrogen-bond acceptors (Lipinski definition) is 8. The summed E-state index contributed by atoms with van der Waals surface area (Å²) in [5.74, 6) is -6.71. The van der Waals surface area contributed by atoms with Gasteiger partial charge in [-0.1, -0.05) is 5.16 Å². The number of aryl methyl sites for hydroxylation is 1. The number of hydrogen-bond donors (Lipinski definition) is 2. The van der Waals surface area contributed by atoms with Crippen molar-refractivity contribution in [3.8, 4) is 0 Å². The number of rotatable bonds is 6. The number of carbonyl (C=O) groups excluding carboxylic acids is 2. The van der Waals surface area contributed by atoms with E-state index in [9.17, 15) is 31.5 Å². The zero-order valence-electron chi connectivity index (χ0n) is 20.7. The summed E-state index contributed by atoms with van der Waals surface area (Å²) in [5.41, 5.74) is 0.796. The third-order valence-electron chi connectivity index (χ3n) is 7.34. The quantitative estimate of drug-likeness (QED) is 0.442. The van der Waals surface area contributed by atoms with Crippen LogP contribution in [0.1, 0.15) is 65.7 Å². The largest absolute Gasteiger partial charge is 0.393 e. The number of aromatic nitrogens is 6. The van der Waals surface area contributed by atoms with E-state index in [0.717, 1.165) is 0 Å². The molecule has 11 nitrogen and oxygen atoms in total. The van der Waals surface area contributed by atoms with E-state index in [4.69, 9.17) is 0 Å². The summed E-state index contributed by atoms with van der Waals surface area (Å²) in [6.45, 7) is 1.07. The SMILES string of the molecule is Cc1nonc1C(=O)NC(c1cn2nc(CC3CC(C(F)(F)F)CNC3=O)cnc2n1)C1CCC(F)(F)CC1. The minimum Gasteiger partial charge on any atom is -0.355 e. The average Bonchev–Trinajstić information content (AvgIpc) is 3.49. The highest BCUT2D eigenvalue weighted by atomic mass is 19.4. The van der Waals surface area contributed by atoms with Crippen LogP contribution in [0.5, 0.6) is 0 Å². The number of fused-ring (bicyclic) bond motifs is 1. The van der Waals surface area contributed by atoms with Gasteiger partial charge in [0.1, 0.15) is 5.69 Å². The van der Waals surface area contributed by atoms with Gasteiger partial charge in [0.15, 0.2) is 5.69 Å². The van der Waals surface area contributed by atoms with E-state index in [0.29, 0.717) is 5.69 Å². The van der Waals surface area contributed by atoms with Crippen LogP contribution >= 0.6 is 0 Å². The first kappa shape index (κ1) is 26.9. The number of halogens is 5. The minimum atomic E-state index is -4.43. The van der Waals surface area contributed by atoms with Crippen LogP contribution in [0.2, 0.25) is 0 Å². The van der Waals surface area contributed by atoms with Gasteiger partial charge < -0.3 is 10.6 Å². The number of nitrogens with one attached hydrogen (secondary N) is 2. The van der Waals surface area contributed by atoms with Gasteiger partial charge in [-0.15, -0.1) is 0 Å². The van der Waals surface area contributed by atoms with Gasteiger partial charge in [0.05, 0.1) is 35.7 Å². The minimum absolute atomic E-state index is 0.0497.